The maximum Gasteiger partial charge on any atom is 0.235 e. The molecule has 0 saturated heterocycles. The highest BCUT2D eigenvalue weighted by molar-refractivity contribution is 7.99. The lowest BCUT2D eigenvalue weighted by Crippen LogP contribution is -2.14. The van der Waals surface area contributed by atoms with E-state index < -0.39 is 0 Å². The van der Waals surface area contributed by atoms with E-state index in [0.29, 0.717) is 21.6 Å². The number of hydrogen-bond acceptors (Lipinski definition) is 6. The fraction of sp³-hybridized carbons (Fsp3) is 0.364. The summed E-state index contributed by atoms with van der Waals surface area (Å²) in [6.07, 6.45) is 3.00. The molecule has 1 atom stereocenters. The number of amides is 1. The van der Waals surface area contributed by atoms with Crippen molar-refractivity contribution in [3.8, 4) is 17.5 Å². The number of anilines is 1. The molecule has 1 N–H and O–H groups in total. The highest BCUT2D eigenvalue weighted by Gasteiger charge is 2.24. The number of thiophene rings is 1. The second-order valence-electron chi connectivity index (χ2n) is 7.74. The topological polar surface area (TPSA) is 83.6 Å². The summed E-state index contributed by atoms with van der Waals surface area (Å²) in [6, 6.07) is 10.4. The third-order valence-corrected chi connectivity index (χ3v) is 7.54. The first kappa shape index (κ1) is 20.6. The monoisotopic (exact) mass is 437 g/mol. The molecule has 1 unspecified atom stereocenters. The number of aromatic nitrogens is 3. The summed E-state index contributed by atoms with van der Waals surface area (Å²) in [7, 11) is 1.90. The SMILES string of the molecule is Cc1ccc(-c2nnc(SCC(=O)Nc3sc4c(c3C#N)CCC(C)C4)n2C)cc1. The molecule has 0 fully saturated rings. The number of thioether (sulfide) groups is 1. The molecule has 1 amide bonds. The molecule has 1 aromatic carbocycles. The van der Waals surface area contributed by atoms with Crippen LogP contribution >= 0.6 is 23.1 Å². The van der Waals surface area contributed by atoms with Gasteiger partial charge in [0.25, 0.3) is 0 Å². The van der Waals surface area contributed by atoms with Crippen molar-refractivity contribution in [1.29, 1.82) is 5.26 Å². The van der Waals surface area contributed by atoms with Gasteiger partial charge in [-0.2, -0.15) is 5.26 Å². The lowest BCUT2D eigenvalue weighted by Gasteiger charge is -2.17. The van der Waals surface area contributed by atoms with Crippen LogP contribution in [0.4, 0.5) is 5.00 Å². The Morgan fingerprint density at radius 1 is 1.37 bits per heavy atom. The van der Waals surface area contributed by atoms with Crippen LogP contribution in [0.1, 0.15) is 34.9 Å². The van der Waals surface area contributed by atoms with Gasteiger partial charge in [-0.15, -0.1) is 21.5 Å². The summed E-state index contributed by atoms with van der Waals surface area (Å²) in [5, 5.41) is 22.4. The molecule has 2 aromatic heterocycles. The van der Waals surface area contributed by atoms with Gasteiger partial charge in [-0.05, 0) is 37.7 Å². The third-order valence-electron chi connectivity index (χ3n) is 5.35. The van der Waals surface area contributed by atoms with Gasteiger partial charge in [0, 0.05) is 17.5 Å². The largest absolute Gasteiger partial charge is 0.316 e. The van der Waals surface area contributed by atoms with Crippen LogP contribution in [-0.2, 0) is 24.7 Å². The summed E-state index contributed by atoms with van der Waals surface area (Å²) in [4.78, 5) is 13.8. The van der Waals surface area contributed by atoms with E-state index in [9.17, 15) is 10.1 Å². The van der Waals surface area contributed by atoms with E-state index in [1.807, 2.05) is 42.8 Å². The number of benzene rings is 1. The number of aryl methyl sites for hydroxylation is 1. The van der Waals surface area contributed by atoms with Crippen LogP contribution in [0.3, 0.4) is 0 Å². The van der Waals surface area contributed by atoms with Gasteiger partial charge in [0.15, 0.2) is 11.0 Å². The summed E-state index contributed by atoms with van der Waals surface area (Å²) in [5.74, 6) is 1.47. The molecule has 3 aromatic rings. The van der Waals surface area contributed by atoms with Crippen molar-refractivity contribution < 1.29 is 4.79 Å². The molecule has 0 spiro atoms. The van der Waals surface area contributed by atoms with Crippen molar-refractivity contribution in [3.63, 3.8) is 0 Å². The third kappa shape index (κ3) is 4.13. The first-order chi connectivity index (χ1) is 14.5. The minimum Gasteiger partial charge on any atom is -0.316 e. The molecule has 2 heterocycles. The second-order valence-corrected chi connectivity index (χ2v) is 9.78. The van der Waals surface area contributed by atoms with Gasteiger partial charge in [-0.25, -0.2) is 0 Å². The summed E-state index contributed by atoms with van der Waals surface area (Å²) in [6.45, 7) is 4.28. The van der Waals surface area contributed by atoms with Gasteiger partial charge in [-0.3, -0.25) is 4.79 Å². The van der Waals surface area contributed by atoms with Crippen LogP contribution in [-0.4, -0.2) is 26.4 Å². The highest BCUT2D eigenvalue weighted by Crippen LogP contribution is 2.39. The molecule has 4 rings (SSSR count). The van der Waals surface area contributed by atoms with Crippen molar-refractivity contribution in [2.75, 3.05) is 11.1 Å². The van der Waals surface area contributed by atoms with Gasteiger partial charge in [0.05, 0.1) is 11.3 Å². The normalized spacial score (nSPS) is 15.5. The number of nitrogens with one attached hydrogen (secondary N) is 1. The highest BCUT2D eigenvalue weighted by atomic mass is 32.2. The van der Waals surface area contributed by atoms with E-state index in [0.717, 1.165) is 36.2 Å². The number of hydrogen-bond donors (Lipinski definition) is 1. The molecule has 0 saturated carbocycles. The zero-order valence-corrected chi connectivity index (χ0v) is 18.9. The molecule has 1 aliphatic carbocycles. The molecule has 0 aliphatic heterocycles. The maximum absolute atomic E-state index is 12.6. The quantitative estimate of drug-likeness (QED) is 0.591. The van der Waals surface area contributed by atoms with Crippen LogP contribution in [0, 0.1) is 24.2 Å². The summed E-state index contributed by atoms with van der Waals surface area (Å²) in [5.41, 5.74) is 3.94. The van der Waals surface area contributed by atoms with Crippen molar-refractivity contribution in [3.05, 3.63) is 45.8 Å². The van der Waals surface area contributed by atoms with E-state index in [2.05, 4.69) is 28.5 Å². The zero-order chi connectivity index (χ0) is 21.3. The average molecular weight is 438 g/mol. The fourth-order valence-electron chi connectivity index (χ4n) is 3.64. The summed E-state index contributed by atoms with van der Waals surface area (Å²) < 4.78 is 1.90. The van der Waals surface area contributed by atoms with Crippen molar-refractivity contribution in [2.45, 2.75) is 38.3 Å². The Morgan fingerprint density at radius 2 is 2.13 bits per heavy atom. The van der Waals surface area contributed by atoms with Gasteiger partial charge in [0.2, 0.25) is 5.91 Å². The smallest absolute Gasteiger partial charge is 0.235 e. The Hall–Kier alpha value is -2.63. The number of carbonyl (C=O) groups excluding carboxylic acids is 1. The van der Waals surface area contributed by atoms with Gasteiger partial charge in [0.1, 0.15) is 11.1 Å². The molecule has 8 heteroatoms. The maximum atomic E-state index is 12.6. The van der Waals surface area contributed by atoms with Gasteiger partial charge < -0.3 is 9.88 Å². The van der Waals surface area contributed by atoms with Crippen LogP contribution in [0.25, 0.3) is 11.4 Å². The van der Waals surface area contributed by atoms with Gasteiger partial charge in [-0.1, -0.05) is 48.5 Å². The zero-order valence-electron chi connectivity index (χ0n) is 17.2. The number of rotatable bonds is 5. The van der Waals surface area contributed by atoms with Crippen LogP contribution < -0.4 is 5.32 Å². The van der Waals surface area contributed by atoms with Crippen LogP contribution in [0.5, 0.6) is 0 Å². The number of nitrogens with zero attached hydrogens (tertiary/aromatic N) is 4. The molecule has 154 valence electrons. The molecular formula is C22H23N5OS2. The molecule has 6 nitrogen and oxygen atoms in total. The first-order valence-electron chi connectivity index (χ1n) is 9.90. The van der Waals surface area contributed by atoms with E-state index >= 15 is 0 Å². The number of nitriles is 1. The lowest BCUT2D eigenvalue weighted by molar-refractivity contribution is -0.113. The lowest BCUT2D eigenvalue weighted by atomic mass is 9.89. The summed E-state index contributed by atoms with van der Waals surface area (Å²) >= 11 is 2.89. The van der Waals surface area contributed by atoms with Gasteiger partial charge >= 0.3 is 0 Å². The predicted octanol–water partition coefficient (Wildman–Crippen LogP) is 4.58. The molecule has 0 bridgehead atoms. The Morgan fingerprint density at radius 3 is 2.87 bits per heavy atom. The van der Waals surface area contributed by atoms with Crippen LogP contribution in [0.2, 0.25) is 0 Å². The van der Waals surface area contributed by atoms with E-state index in [1.165, 1.54) is 22.2 Å². The molecule has 0 radical (unpaired) electrons. The van der Waals surface area contributed by atoms with Crippen LogP contribution in [0.15, 0.2) is 29.4 Å². The Kier molecular flexibility index (Phi) is 5.93. The minimum absolute atomic E-state index is 0.136. The molecule has 30 heavy (non-hydrogen) atoms. The Balaban J connectivity index is 1.43. The molecular weight excluding hydrogens is 414 g/mol. The van der Waals surface area contributed by atoms with Crippen molar-refractivity contribution >= 4 is 34.0 Å². The van der Waals surface area contributed by atoms with E-state index in [4.69, 9.17) is 0 Å². The Bertz CT molecular complexity index is 1120. The van der Waals surface area contributed by atoms with Crippen molar-refractivity contribution in [2.24, 2.45) is 13.0 Å². The van der Waals surface area contributed by atoms with E-state index in [-0.39, 0.29) is 11.7 Å². The predicted molar refractivity (Wildman–Crippen MR) is 121 cm³/mol. The number of carbonyl (C=O) groups is 1. The average Bonchev–Trinajstić information content (AvgIpc) is 3.26. The minimum atomic E-state index is -0.136. The van der Waals surface area contributed by atoms with Crippen molar-refractivity contribution in [1.82, 2.24) is 14.8 Å². The second kappa shape index (κ2) is 8.62. The number of fused-ring (bicyclic) bond motifs is 1. The Labute approximate surface area is 184 Å². The molecule has 1 aliphatic rings. The fourth-order valence-corrected chi connectivity index (χ4v) is 5.73. The van der Waals surface area contributed by atoms with E-state index in [1.54, 1.807) is 11.3 Å². The standard InChI is InChI=1S/C22H23N5OS2/c1-13-4-7-15(8-5-13)20-25-26-22(27(20)3)29-12-19(28)24-21-17(11-23)16-9-6-14(2)10-18(16)30-21/h4-5,7-8,14H,6,9-10,12H2,1-3H3,(H,24,28). The first-order valence-corrected chi connectivity index (χ1v) is 11.7.